The maximum absolute atomic E-state index is 12.8. The molecule has 3 heterocycles. The maximum Gasteiger partial charge on any atom is 0.433 e. The SMILES string of the molecule is O=c1ccc(-c2cccnc2)nn1C1CCC(Nc2nccc(C(F)(F)F)n2)CC1. The lowest BCUT2D eigenvalue weighted by Crippen LogP contribution is -2.33. The van der Waals surface area contributed by atoms with Gasteiger partial charge in [-0.1, -0.05) is 0 Å². The topological polar surface area (TPSA) is 85.6 Å². The molecule has 1 aliphatic rings. The number of halogens is 3. The molecule has 10 heteroatoms. The van der Waals surface area contributed by atoms with Crippen molar-refractivity contribution in [3.63, 3.8) is 0 Å². The van der Waals surface area contributed by atoms with E-state index in [0.29, 0.717) is 31.4 Å². The van der Waals surface area contributed by atoms with Gasteiger partial charge in [-0.05, 0) is 49.9 Å². The number of hydrogen-bond donors (Lipinski definition) is 1. The Hall–Kier alpha value is -3.30. The van der Waals surface area contributed by atoms with E-state index in [4.69, 9.17) is 0 Å². The molecule has 0 saturated heterocycles. The minimum atomic E-state index is -4.51. The molecule has 0 unspecified atom stereocenters. The summed E-state index contributed by atoms with van der Waals surface area (Å²) in [6.07, 6.45) is 2.60. The van der Waals surface area contributed by atoms with Crippen LogP contribution in [0.15, 0.2) is 53.7 Å². The van der Waals surface area contributed by atoms with Gasteiger partial charge < -0.3 is 5.32 Å². The van der Waals surface area contributed by atoms with Gasteiger partial charge in [0.05, 0.1) is 11.7 Å². The zero-order valence-electron chi connectivity index (χ0n) is 15.9. The van der Waals surface area contributed by atoms with Gasteiger partial charge >= 0.3 is 6.18 Å². The van der Waals surface area contributed by atoms with Gasteiger partial charge in [-0.15, -0.1) is 0 Å². The second-order valence-electron chi connectivity index (χ2n) is 7.16. The minimum absolute atomic E-state index is 0.0397. The van der Waals surface area contributed by atoms with E-state index in [1.165, 1.54) is 10.7 Å². The third-order valence-corrected chi connectivity index (χ3v) is 5.10. The molecule has 0 aromatic carbocycles. The summed E-state index contributed by atoms with van der Waals surface area (Å²) in [6.45, 7) is 0. The molecule has 156 valence electrons. The highest BCUT2D eigenvalue weighted by molar-refractivity contribution is 5.56. The maximum atomic E-state index is 12.8. The zero-order valence-corrected chi connectivity index (χ0v) is 15.9. The summed E-state index contributed by atoms with van der Waals surface area (Å²) >= 11 is 0. The van der Waals surface area contributed by atoms with Gasteiger partial charge in [0, 0.05) is 36.3 Å². The molecule has 30 heavy (non-hydrogen) atoms. The van der Waals surface area contributed by atoms with Crippen molar-refractivity contribution in [1.82, 2.24) is 24.7 Å². The number of pyridine rings is 1. The average Bonchev–Trinajstić information content (AvgIpc) is 2.75. The first-order valence-corrected chi connectivity index (χ1v) is 9.57. The van der Waals surface area contributed by atoms with Crippen LogP contribution in [0.4, 0.5) is 19.1 Å². The molecule has 7 nitrogen and oxygen atoms in total. The molecule has 0 bridgehead atoms. The monoisotopic (exact) mass is 416 g/mol. The van der Waals surface area contributed by atoms with Crippen molar-refractivity contribution in [2.24, 2.45) is 0 Å². The van der Waals surface area contributed by atoms with Gasteiger partial charge in [-0.25, -0.2) is 14.6 Å². The second-order valence-corrected chi connectivity index (χ2v) is 7.16. The van der Waals surface area contributed by atoms with Crippen LogP contribution in [0.5, 0.6) is 0 Å². The number of alkyl halides is 3. The highest BCUT2D eigenvalue weighted by Gasteiger charge is 2.33. The smallest absolute Gasteiger partial charge is 0.351 e. The van der Waals surface area contributed by atoms with E-state index in [1.807, 2.05) is 6.07 Å². The van der Waals surface area contributed by atoms with E-state index in [-0.39, 0.29) is 23.6 Å². The number of hydrogen-bond acceptors (Lipinski definition) is 6. The third kappa shape index (κ3) is 4.47. The first-order valence-electron chi connectivity index (χ1n) is 9.57. The molecule has 1 saturated carbocycles. The molecule has 0 aliphatic heterocycles. The van der Waals surface area contributed by atoms with Crippen molar-refractivity contribution in [3.05, 3.63) is 65.0 Å². The number of rotatable bonds is 4. The Labute approximate surface area is 170 Å². The molecular formula is C20H19F3N6O. The summed E-state index contributed by atoms with van der Waals surface area (Å²) < 4.78 is 40.0. The van der Waals surface area contributed by atoms with Crippen LogP contribution in [0.2, 0.25) is 0 Å². The van der Waals surface area contributed by atoms with Crippen LogP contribution in [0.3, 0.4) is 0 Å². The summed E-state index contributed by atoms with van der Waals surface area (Å²) in [4.78, 5) is 23.9. The summed E-state index contributed by atoms with van der Waals surface area (Å²) in [5.41, 5.74) is 0.334. The number of aromatic nitrogens is 5. The molecule has 1 aliphatic carbocycles. The van der Waals surface area contributed by atoms with Crippen molar-refractivity contribution >= 4 is 5.95 Å². The molecule has 3 aromatic heterocycles. The van der Waals surface area contributed by atoms with E-state index in [2.05, 4.69) is 25.4 Å². The minimum Gasteiger partial charge on any atom is -0.351 e. The van der Waals surface area contributed by atoms with Crippen LogP contribution in [0.1, 0.15) is 37.4 Å². The molecular weight excluding hydrogens is 397 g/mol. The highest BCUT2D eigenvalue weighted by atomic mass is 19.4. The first kappa shape index (κ1) is 20.0. The summed E-state index contributed by atoms with van der Waals surface area (Å²) in [5, 5.41) is 7.49. The van der Waals surface area contributed by atoms with Crippen molar-refractivity contribution in [3.8, 4) is 11.3 Å². The van der Waals surface area contributed by atoms with Crippen LogP contribution in [0, 0.1) is 0 Å². The van der Waals surface area contributed by atoms with Gasteiger partial charge in [-0.3, -0.25) is 9.78 Å². The predicted molar refractivity (Wildman–Crippen MR) is 104 cm³/mol. The van der Waals surface area contributed by atoms with Crippen molar-refractivity contribution in [2.75, 3.05) is 5.32 Å². The molecule has 1 fully saturated rings. The van der Waals surface area contributed by atoms with Gasteiger partial charge in [0.1, 0.15) is 5.69 Å². The largest absolute Gasteiger partial charge is 0.433 e. The van der Waals surface area contributed by atoms with E-state index in [9.17, 15) is 18.0 Å². The summed E-state index contributed by atoms with van der Waals surface area (Å²) in [7, 11) is 0. The molecule has 1 N–H and O–H groups in total. The molecule has 0 amide bonds. The Morgan fingerprint density at radius 2 is 1.83 bits per heavy atom. The summed E-state index contributed by atoms with van der Waals surface area (Å²) in [6, 6.07) is 7.55. The van der Waals surface area contributed by atoms with Crippen LogP contribution < -0.4 is 10.9 Å². The molecule has 0 radical (unpaired) electrons. The molecule has 3 aromatic rings. The van der Waals surface area contributed by atoms with E-state index in [0.717, 1.165) is 17.8 Å². The van der Waals surface area contributed by atoms with Gasteiger partial charge in [-0.2, -0.15) is 18.3 Å². The fourth-order valence-corrected chi connectivity index (χ4v) is 3.59. The fraction of sp³-hybridized carbons (Fsp3) is 0.350. The van der Waals surface area contributed by atoms with E-state index < -0.39 is 11.9 Å². The first-order chi connectivity index (χ1) is 14.4. The predicted octanol–water partition coefficient (Wildman–Crippen LogP) is 3.71. The van der Waals surface area contributed by atoms with Gasteiger partial charge in [0.25, 0.3) is 5.56 Å². The number of nitrogens with zero attached hydrogens (tertiary/aromatic N) is 5. The van der Waals surface area contributed by atoms with E-state index in [1.54, 1.807) is 24.5 Å². The molecule has 0 atom stereocenters. The van der Waals surface area contributed by atoms with Crippen LogP contribution in [-0.4, -0.2) is 30.8 Å². The Bertz CT molecular complexity index is 1060. The number of anilines is 1. The zero-order chi connectivity index (χ0) is 21.1. The van der Waals surface area contributed by atoms with Crippen LogP contribution in [-0.2, 0) is 6.18 Å². The Kier molecular flexibility index (Phi) is 5.47. The van der Waals surface area contributed by atoms with Gasteiger partial charge in [0.2, 0.25) is 5.95 Å². The Balaban J connectivity index is 1.43. The third-order valence-electron chi connectivity index (χ3n) is 5.10. The van der Waals surface area contributed by atoms with Crippen LogP contribution >= 0.6 is 0 Å². The molecule has 0 spiro atoms. The standard InChI is InChI=1S/C20H19F3N6O/c21-20(22,23)17-9-11-25-19(27-17)26-14-3-5-15(6-4-14)29-18(30)8-7-16(28-29)13-2-1-10-24-12-13/h1-2,7-12,14-15H,3-6H2,(H,25,26,27). The number of nitrogens with one attached hydrogen (secondary N) is 1. The van der Waals surface area contributed by atoms with Crippen LogP contribution in [0.25, 0.3) is 11.3 Å². The summed E-state index contributed by atoms with van der Waals surface area (Å²) in [5.74, 6) is -0.0397. The second kappa shape index (κ2) is 8.21. The molecule has 4 rings (SSSR count). The lowest BCUT2D eigenvalue weighted by atomic mass is 9.91. The van der Waals surface area contributed by atoms with E-state index >= 15 is 0 Å². The Morgan fingerprint density at radius 3 is 2.53 bits per heavy atom. The fourth-order valence-electron chi connectivity index (χ4n) is 3.59. The normalized spacial score (nSPS) is 19.4. The lowest BCUT2D eigenvalue weighted by Gasteiger charge is -2.29. The van der Waals surface area contributed by atoms with Gasteiger partial charge in [0.15, 0.2) is 0 Å². The van der Waals surface area contributed by atoms with Crippen molar-refractivity contribution in [1.29, 1.82) is 0 Å². The Morgan fingerprint density at radius 1 is 1.03 bits per heavy atom. The van der Waals surface area contributed by atoms with Crippen molar-refractivity contribution < 1.29 is 13.2 Å². The highest BCUT2D eigenvalue weighted by Crippen LogP contribution is 2.30. The quantitative estimate of drug-likeness (QED) is 0.698. The van der Waals surface area contributed by atoms with Crippen molar-refractivity contribution in [2.45, 2.75) is 43.9 Å². The lowest BCUT2D eigenvalue weighted by molar-refractivity contribution is -0.141. The average molecular weight is 416 g/mol.